The molecule has 0 spiro atoms. The fourth-order valence-electron chi connectivity index (χ4n) is 1.14. The van der Waals surface area contributed by atoms with Gasteiger partial charge >= 0.3 is 5.97 Å². The molecule has 0 fully saturated rings. The summed E-state index contributed by atoms with van der Waals surface area (Å²) in [7, 11) is 1.87. The summed E-state index contributed by atoms with van der Waals surface area (Å²) in [5, 5.41) is 10.9. The summed E-state index contributed by atoms with van der Waals surface area (Å²) in [6.45, 7) is 0.424. The first kappa shape index (κ1) is 12.0. The molecule has 1 amide bonds. The number of aryl methyl sites for hydroxylation is 1. The van der Waals surface area contributed by atoms with Gasteiger partial charge in [0.05, 0.1) is 0 Å². The summed E-state index contributed by atoms with van der Waals surface area (Å²) < 4.78 is 1.86. The number of imidazole rings is 1. The summed E-state index contributed by atoms with van der Waals surface area (Å²) in [6, 6.07) is 0. The van der Waals surface area contributed by atoms with E-state index in [1.807, 2.05) is 17.8 Å². The number of aromatic nitrogens is 2. The lowest BCUT2D eigenvalue weighted by Gasteiger charge is -2.02. The average molecular weight is 223 g/mol. The van der Waals surface area contributed by atoms with E-state index in [0.29, 0.717) is 13.0 Å². The Morgan fingerprint density at radius 3 is 2.88 bits per heavy atom. The molecular weight excluding hydrogens is 210 g/mol. The molecule has 16 heavy (non-hydrogen) atoms. The van der Waals surface area contributed by atoms with Crippen LogP contribution in [0.4, 0.5) is 0 Å². The second-order valence-electron chi connectivity index (χ2n) is 3.17. The molecule has 0 aromatic carbocycles. The lowest BCUT2D eigenvalue weighted by atomic mass is 10.4. The predicted octanol–water partition coefficient (Wildman–Crippen LogP) is -0.280. The molecule has 1 aromatic heterocycles. The van der Waals surface area contributed by atoms with Crippen molar-refractivity contribution in [3.05, 3.63) is 30.4 Å². The minimum absolute atomic E-state index is 0.420. The smallest absolute Gasteiger partial charge is 0.328 e. The Labute approximate surface area is 92.6 Å². The summed E-state index contributed by atoms with van der Waals surface area (Å²) >= 11 is 0. The van der Waals surface area contributed by atoms with Crippen LogP contribution in [0.1, 0.15) is 5.82 Å². The van der Waals surface area contributed by atoms with Gasteiger partial charge in [-0.1, -0.05) is 0 Å². The normalized spacial score (nSPS) is 10.6. The first-order chi connectivity index (χ1) is 7.59. The monoisotopic (exact) mass is 223 g/mol. The maximum absolute atomic E-state index is 11.1. The van der Waals surface area contributed by atoms with Crippen molar-refractivity contribution in [2.24, 2.45) is 7.05 Å². The maximum Gasteiger partial charge on any atom is 0.328 e. The van der Waals surface area contributed by atoms with Crippen LogP contribution in [-0.4, -0.2) is 33.1 Å². The van der Waals surface area contributed by atoms with Crippen LogP contribution in [0.15, 0.2) is 24.5 Å². The Morgan fingerprint density at radius 1 is 1.56 bits per heavy atom. The van der Waals surface area contributed by atoms with Gasteiger partial charge in [0.15, 0.2) is 0 Å². The van der Waals surface area contributed by atoms with Gasteiger partial charge < -0.3 is 15.0 Å². The first-order valence-electron chi connectivity index (χ1n) is 4.74. The first-order valence-corrected chi connectivity index (χ1v) is 4.74. The molecule has 0 saturated heterocycles. The minimum Gasteiger partial charge on any atom is -0.478 e. The number of rotatable bonds is 5. The number of hydrogen-bond donors (Lipinski definition) is 2. The molecule has 86 valence electrons. The Hall–Kier alpha value is -2.11. The summed E-state index contributed by atoms with van der Waals surface area (Å²) in [5.41, 5.74) is 0. The number of nitrogens with zero attached hydrogens (tertiary/aromatic N) is 2. The van der Waals surface area contributed by atoms with Crippen molar-refractivity contribution in [2.75, 3.05) is 6.54 Å². The van der Waals surface area contributed by atoms with E-state index in [9.17, 15) is 9.59 Å². The van der Waals surface area contributed by atoms with E-state index in [0.717, 1.165) is 18.0 Å². The standard InChI is InChI=1S/C10H13N3O3/c1-13-7-6-11-8(13)4-5-12-9(14)2-3-10(15)16/h2-3,6-7H,4-5H2,1H3,(H,12,14)(H,15,16). The number of nitrogens with one attached hydrogen (secondary N) is 1. The quantitative estimate of drug-likeness (QED) is 0.672. The number of carboxylic acid groups (broad SMARTS) is 1. The fourth-order valence-corrected chi connectivity index (χ4v) is 1.14. The summed E-state index contributed by atoms with van der Waals surface area (Å²) in [5.74, 6) is -0.696. The van der Waals surface area contributed by atoms with E-state index < -0.39 is 11.9 Å². The van der Waals surface area contributed by atoms with Gasteiger partial charge in [0.1, 0.15) is 5.82 Å². The van der Waals surface area contributed by atoms with Gasteiger partial charge in [-0.25, -0.2) is 9.78 Å². The van der Waals surface area contributed by atoms with E-state index in [1.54, 1.807) is 6.20 Å². The highest BCUT2D eigenvalue weighted by molar-refractivity contribution is 5.93. The van der Waals surface area contributed by atoms with Crippen LogP contribution in [0, 0.1) is 0 Å². The Bertz CT molecular complexity index is 409. The van der Waals surface area contributed by atoms with Gasteiger partial charge in [0.25, 0.3) is 0 Å². The van der Waals surface area contributed by atoms with Gasteiger partial charge in [-0.15, -0.1) is 0 Å². The second-order valence-corrected chi connectivity index (χ2v) is 3.17. The van der Waals surface area contributed by atoms with Crippen molar-refractivity contribution in [1.82, 2.24) is 14.9 Å². The maximum atomic E-state index is 11.1. The topological polar surface area (TPSA) is 84.2 Å². The number of aliphatic carboxylic acids is 1. The molecule has 0 radical (unpaired) electrons. The fraction of sp³-hybridized carbons (Fsp3) is 0.300. The number of amides is 1. The van der Waals surface area contributed by atoms with E-state index in [2.05, 4.69) is 10.3 Å². The van der Waals surface area contributed by atoms with E-state index >= 15 is 0 Å². The van der Waals surface area contributed by atoms with E-state index in [-0.39, 0.29) is 0 Å². The van der Waals surface area contributed by atoms with Crippen LogP contribution >= 0.6 is 0 Å². The molecule has 0 aliphatic carbocycles. The zero-order valence-electron chi connectivity index (χ0n) is 8.88. The summed E-state index contributed by atoms with van der Waals surface area (Å²) in [4.78, 5) is 25.3. The molecule has 1 heterocycles. The van der Waals surface area contributed by atoms with Crippen LogP contribution in [-0.2, 0) is 23.1 Å². The van der Waals surface area contributed by atoms with E-state index in [1.165, 1.54) is 0 Å². The molecule has 1 rings (SSSR count). The third kappa shape index (κ3) is 3.95. The SMILES string of the molecule is Cn1ccnc1CCNC(=O)C=CC(=O)O. The third-order valence-corrected chi connectivity index (χ3v) is 1.95. The molecule has 0 aliphatic heterocycles. The van der Waals surface area contributed by atoms with Crippen molar-refractivity contribution in [3.8, 4) is 0 Å². The van der Waals surface area contributed by atoms with Crippen molar-refractivity contribution < 1.29 is 14.7 Å². The number of carboxylic acids is 1. The second kappa shape index (κ2) is 5.69. The Balaban J connectivity index is 2.28. The number of carbonyl (C=O) groups is 2. The van der Waals surface area contributed by atoms with Crippen molar-refractivity contribution in [1.29, 1.82) is 0 Å². The van der Waals surface area contributed by atoms with Crippen LogP contribution in [0.2, 0.25) is 0 Å². The summed E-state index contributed by atoms with van der Waals surface area (Å²) in [6.07, 6.45) is 5.90. The molecule has 0 atom stereocenters. The molecule has 0 unspecified atom stereocenters. The van der Waals surface area contributed by atoms with Crippen molar-refractivity contribution in [3.63, 3.8) is 0 Å². The largest absolute Gasteiger partial charge is 0.478 e. The van der Waals surface area contributed by atoms with Crippen molar-refractivity contribution in [2.45, 2.75) is 6.42 Å². The average Bonchev–Trinajstić information content (AvgIpc) is 2.61. The van der Waals surface area contributed by atoms with Crippen LogP contribution < -0.4 is 5.32 Å². The molecular formula is C10H13N3O3. The number of carbonyl (C=O) groups excluding carboxylic acids is 1. The van der Waals surface area contributed by atoms with Gasteiger partial charge in [-0.3, -0.25) is 4.79 Å². The van der Waals surface area contributed by atoms with Gasteiger partial charge in [0, 0.05) is 44.6 Å². The van der Waals surface area contributed by atoms with Crippen LogP contribution in [0.3, 0.4) is 0 Å². The zero-order chi connectivity index (χ0) is 12.0. The minimum atomic E-state index is -1.14. The molecule has 6 nitrogen and oxygen atoms in total. The molecule has 0 saturated carbocycles. The van der Waals surface area contributed by atoms with Gasteiger partial charge in [-0.2, -0.15) is 0 Å². The van der Waals surface area contributed by atoms with E-state index in [4.69, 9.17) is 5.11 Å². The lowest BCUT2D eigenvalue weighted by Crippen LogP contribution is -2.24. The van der Waals surface area contributed by atoms with Crippen LogP contribution in [0.5, 0.6) is 0 Å². The molecule has 1 aromatic rings. The Morgan fingerprint density at radius 2 is 2.31 bits per heavy atom. The van der Waals surface area contributed by atoms with Crippen molar-refractivity contribution >= 4 is 11.9 Å². The Kier molecular flexibility index (Phi) is 4.26. The highest BCUT2D eigenvalue weighted by atomic mass is 16.4. The highest BCUT2D eigenvalue weighted by Gasteiger charge is 2.00. The third-order valence-electron chi connectivity index (χ3n) is 1.95. The van der Waals surface area contributed by atoms with Gasteiger partial charge in [-0.05, 0) is 0 Å². The molecule has 0 bridgehead atoms. The predicted molar refractivity (Wildman–Crippen MR) is 56.7 cm³/mol. The lowest BCUT2D eigenvalue weighted by molar-refractivity contribution is -0.131. The van der Waals surface area contributed by atoms with Crippen LogP contribution in [0.25, 0.3) is 0 Å². The molecule has 2 N–H and O–H groups in total. The highest BCUT2D eigenvalue weighted by Crippen LogP contribution is 1.93. The van der Waals surface area contributed by atoms with Gasteiger partial charge in [0.2, 0.25) is 5.91 Å². The molecule has 0 aliphatic rings. The zero-order valence-corrected chi connectivity index (χ0v) is 8.88. The molecule has 6 heteroatoms. The number of hydrogen-bond acceptors (Lipinski definition) is 3.